The molecular formula is C15H17BrN3OS+. The summed E-state index contributed by atoms with van der Waals surface area (Å²) < 4.78 is 1.03. The Morgan fingerprint density at radius 1 is 1.29 bits per heavy atom. The van der Waals surface area contributed by atoms with Crippen LogP contribution in [0.2, 0.25) is 0 Å². The fourth-order valence-electron chi connectivity index (χ4n) is 2.32. The van der Waals surface area contributed by atoms with Crippen LogP contribution in [0.15, 0.2) is 38.6 Å². The third kappa shape index (κ3) is 3.56. The standard InChI is InChI=1S/C15H16BrN3OS/c1-18-6-8-19(9-7-18)15-17-14(20)13(21-15)10-11-2-4-12(16)5-3-11/h2-5,10H,6-9H2,1H3/p+1. The Bertz CT molecular complexity index is 604. The van der Waals surface area contributed by atoms with Crippen molar-refractivity contribution in [3.05, 3.63) is 39.2 Å². The summed E-state index contributed by atoms with van der Waals surface area (Å²) in [5, 5.41) is 0.857. The minimum Gasteiger partial charge on any atom is -0.339 e. The highest BCUT2D eigenvalue weighted by Gasteiger charge is 2.28. The van der Waals surface area contributed by atoms with Gasteiger partial charge in [0.15, 0.2) is 5.17 Å². The summed E-state index contributed by atoms with van der Waals surface area (Å²) in [5.41, 5.74) is 1.02. The molecule has 0 radical (unpaired) electrons. The number of carbonyl (C=O) groups excluding carboxylic acids is 1. The molecule has 2 aliphatic heterocycles. The molecule has 1 amide bonds. The number of aliphatic imine (C=N–C) groups is 1. The molecule has 2 heterocycles. The number of benzene rings is 1. The van der Waals surface area contributed by atoms with Gasteiger partial charge in [0.1, 0.15) is 0 Å². The number of hydrogen-bond acceptors (Lipinski definition) is 3. The number of likely N-dealkylation sites (N-methyl/N-ethyl adjacent to an activating group) is 1. The van der Waals surface area contributed by atoms with E-state index in [0.717, 1.165) is 41.4 Å². The van der Waals surface area contributed by atoms with E-state index < -0.39 is 0 Å². The average molecular weight is 367 g/mol. The van der Waals surface area contributed by atoms with Gasteiger partial charge in [-0.05, 0) is 35.5 Å². The third-order valence-corrected chi connectivity index (χ3v) is 5.24. The van der Waals surface area contributed by atoms with Gasteiger partial charge in [0.25, 0.3) is 5.91 Å². The van der Waals surface area contributed by atoms with Gasteiger partial charge in [-0.2, -0.15) is 4.99 Å². The van der Waals surface area contributed by atoms with E-state index in [2.05, 4.69) is 32.9 Å². The number of amidine groups is 1. The second-order valence-electron chi connectivity index (χ2n) is 5.31. The van der Waals surface area contributed by atoms with E-state index in [1.54, 1.807) is 0 Å². The van der Waals surface area contributed by atoms with E-state index in [9.17, 15) is 4.79 Å². The first-order valence-corrected chi connectivity index (χ1v) is 8.57. The number of rotatable bonds is 1. The minimum atomic E-state index is -0.121. The second kappa shape index (κ2) is 6.34. The van der Waals surface area contributed by atoms with Gasteiger partial charge in [-0.15, -0.1) is 0 Å². The maximum atomic E-state index is 12.0. The quantitative estimate of drug-likeness (QED) is 0.760. The number of piperazine rings is 1. The number of quaternary nitrogens is 1. The SMILES string of the molecule is C[NH+]1CCN(C2=NC(=O)C(=Cc3ccc(Br)cc3)S2)CC1. The summed E-state index contributed by atoms with van der Waals surface area (Å²) in [5.74, 6) is -0.121. The van der Waals surface area contributed by atoms with Gasteiger partial charge in [-0.1, -0.05) is 28.1 Å². The molecule has 1 N–H and O–H groups in total. The highest BCUT2D eigenvalue weighted by atomic mass is 79.9. The molecule has 0 aliphatic carbocycles. The molecule has 0 bridgehead atoms. The largest absolute Gasteiger partial charge is 0.339 e. The fourth-order valence-corrected chi connectivity index (χ4v) is 3.55. The maximum absolute atomic E-state index is 12.0. The van der Waals surface area contributed by atoms with Gasteiger partial charge < -0.3 is 9.80 Å². The molecule has 0 atom stereocenters. The number of carbonyl (C=O) groups is 1. The molecule has 0 aromatic heterocycles. The Hall–Kier alpha value is -1.11. The minimum absolute atomic E-state index is 0.121. The van der Waals surface area contributed by atoms with Gasteiger partial charge in [-0.25, -0.2) is 0 Å². The molecule has 3 rings (SSSR count). The Morgan fingerprint density at radius 2 is 1.95 bits per heavy atom. The summed E-state index contributed by atoms with van der Waals surface area (Å²) in [6, 6.07) is 7.92. The van der Waals surface area contributed by atoms with Crippen molar-refractivity contribution in [3.63, 3.8) is 0 Å². The van der Waals surface area contributed by atoms with Crippen LogP contribution in [0.5, 0.6) is 0 Å². The molecule has 0 saturated carbocycles. The smallest absolute Gasteiger partial charge is 0.286 e. The lowest BCUT2D eigenvalue weighted by atomic mass is 10.2. The number of nitrogens with one attached hydrogen (secondary N) is 1. The van der Waals surface area contributed by atoms with Gasteiger partial charge in [0.05, 0.1) is 38.1 Å². The van der Waals surface area contributed by atoms with Crippen molar-refractivity contribution < 1.29 is 9.69 Å². The molecule has 21 heavy (non-hydrogen) atoms. The summed E-state index contributed by atoms with van der Waals surface area (Å²) in [6.45, 7) is 4.13. The first kappa shape index (κ1) is 14.8. The highest BCUT2D eigenvalue weighted by molar-refractivity contribution is 9.10. The van der Waals surface area contributed by atoms with Crippen molar-refractivity contribution in [2.24, 2.45) is 4.99 Å². The monoisotopic (exact) mass is 366 g/mol. The van der Waals surface area contributed by atoms with Crippen LogP contribution in [-0.4, -0.2) is 49.2 Å². The van der Waals surface area contributed by atoms with Crippen LogP contribution in [0.25, 0.3) is 6.08 Å². The van der Waals surface area contributed by atoms with Gasteiger partial charge in [0, 0.05) is 4.47 Å². The molecule has 0 unspecified atom stereocenters. The third-order valence-electron chi connectivity index (χ3n) is 3.66. The van der Waals surface area contributed by atoms with Crippen LogP contribution in [0.1, 0.15) is 5.56 Å². The second-order valence-corrected chi connectivity index (χ2v) is 7.23. The number of halogens is 1. The molecule has 4 nitrogen and oxygen atoms in total. The average Bonchev–Trinajstić information content (AvgIpc) is 2.83. The Labute approximate surface area is 137 Å². The number of nitrogens with zero attached hydrogens (tertiary/aromatic N) is 2. The molecule has 110 valence electrons. The Balaban J connectivity index is 1.71. The van der Waals surface area contributed by atoms with E-state index in [4.69, 9.17) is 0 Å². The lowest BCUT2D eigenvalue weighted by Gasteiger charge is -2.30. The molecule has 1 fully saturated rings. The zero-order chi connectivity index (χ0) is 14.8. The summed E-state index contributed by atoms with van der Waals surface area (Å²) >= 11 is 4.90. The van der Waals surface area contributed by atoms with Crippen molar-refractivity contribution in [2.75, 3.05) is 33.2 Å². The van der Waals surface area contributed by atoms with Crippen LogP contribution in [-0.2, 0) is 4.79 Å². The first-order chi connectivity index (χ1) is 10.1. The number of hydrogen-bond donors (Lipinski definition) is 1. The maximum Gasteiger partial charge on any atom is 0.286 e. The van der Waals surface area contributed by atoms with Crippen LogP contribution < -0.4 is 4.90 Å². The van der Waals surface area contributed by atoms with E-state index in [1.807, 2.05) is 30.3 Å². The summed E-state index contributed by atoms with van der Waals surface area (Å²) in [4.78, 5) is 20.7. The zero-order valence-corrected chi connectivity index (χ0v) is 14.2. The summed E-state index contributed by atoms with van der Waals surface area (Å²) in [7, 11) is 2.20. The van der Waals surface area contributed by atoms with Crippen LogP contribution >= 0.6 is 27.7 Å². The zero-order valence-electron chi connectivity index (χ0n) is 11.8. The molecular weight excluding hydrogens is 350 g/mol. The van der Waals surface area contributed by atoms with E-state index >= 15 is 0 Å². The first-order valence-electron chi connectivity index (χ1n) is 6.96. The predicted octanol–water partition coefficient (Wildman–Crippen LogP) is 1.25. The van der Waals surface area contributed by atoms with Crippen molar-refractivity contribution in [1.82, 2.24) is 4.90 Å². The van der Waals surface area contributed by atoms with Gasteiger partial charge in [0.2, 0.25) is 0 Å². The van der Waals surface area contributed by atoms with Crippen molar-refractivity contribution in [2.45, 2.75) is 0 Å². The van der Waals surface area contributed by atoms with Crippen molar-refractivity contribution >= 4 is 44.8 Å². The lowest BCUT2D eigenvalue weighted by Crippen LogP contribution is -3.12. The molecule has 1 saturated heterocycles. The number of amides is 1. The van der Waals surface area contributed by atoms with E-state index in [0.29, 0.717) is 4.91 Å². The Kier molecular flexibility index (Phi) is 4.47. The predicted molar refractivity (Wildman–Crippen MR) is 90.3 cm³/mol. The lowest BCUT2D eigenvalue weighted by molar-refractivity contribution is -0.883. The van der Waals surface area contributed by atoms with E-state index in [1.165, 1.54) is 16.7 Å². The van der Waals surface area contributed by atoms with E-state index in [-0.39, 0.29) is 5.91 Å². The van der Waals surface area contributed by atoms with Crippen molar-refractivity contribution in [3.8, 4) is 0 Å². The summed E-state index contributed by atoms with van der Waals surface area (Å²) in [6.07, 6.45) is 1.91. The normalized spacial score (nSPS) is 22.0. The number of thioether (sulfide) groups is 1. The molecule has 2 aliphatic rings. The molecule has 6 heteroatoms. The fraction of sp³-hybridized carbons (Fsp3) is 0.333. The molecule has 0 spiro atoms. The van der Waals surface area contributed by atoms with Gasteiger partial charge >= 0.3 is 0 Å². The van der Waals surface area contributed by atoms with Crippen LogP contribution in [0.3, 0.4) is 0 Å². The van der Waals surface area contributed by atoms with Crippen LogP contribution in [0, 0.1) is 0 Å². The Morgan fingerprint density at radius 3 is 2.62 bits per heavy atom. The molecule has 1 aromatic carbocycles. The van der Waals surface area contributed by atoms with Gasteiger partial charge in [-0.3, -0.25) is 4.79 Å². The van der Waals surface area contributed by atoms with Crippen molar-refractivity contribution in [1.29, 1.82) is 0 Å². The van der Waals surface area contributed by atoms with Crippen LogP contribution in [0.4, 0.5) is 0 Å². The molecule has 1 aromatic rings. The highest BCUT2D eigenvalue weighted by Crippen LogP contribution is 2.30. The topological polar surface area (TPSA) is 37.1 Å².